The van der Waals surface area contributed by atoms with Gasteiger partial charge in [0.25, 0.3) is 0 Å². The average Bonchev–Trinajstić information content (AvgIpc) is 2.09. The quantitative estimate of drug-likeness (QED) is 0.511. The molecule has 0 N–H and O–H groups in total. The van der Waals surface area contributed by atoms with Gasteiger partial charge < -0.3 is 0 Å². The third-order valence-electron chi connectivity index (χ3n) is 1.35. The van der Waals surface area contributed by atoms with Crippen LogP contribution in [0.4, 0.5) is 8.78 Å². The average molecular weight is 162 g/mol. The molecule has 0 fully saturated rings. The van der Waals surface area contributed by atoms with E-state index in [1.165, 1.54) is 6.07 Å². The van der Waals surface area contributed by atoms with Gasteiger partial charge >= 0.3 is 0 Å². The van der Waals surface area contributed by atoms with Crippen molar-refractivity contribution in [3.05, 3.63) is 34.9 Å². The number of terminal acetylenes is 2. The van der Waals surface area contributed by atoms with E-state index in [-0.39, 0.29) is 11.1 Å². The van der Waals surface area contributed by atoms with Crippen molar-refractivity contribution in [2.24, 2.45) is 0 Å². The number of benzene rings is 1. The zero-order chi connectivity index (χ0) is 9.14. The van der Waals surface area contributed by atoms with E-state index in [2.05, 4.69) is 5.92 Å². The molecule has 12 heavy (non-hydrogen) atoms. The predicted octanol–water partition coefficient (Wildman–Crippen LogP) is 1.93. The van der Waals surface area contributed by atoms with Crippen LogP contribution in [-0.2, 0) is 0 Å². The molecule has 0 unspecified atom stereocenters. The predicted molar refractivity (Wildman–Crippen MR) is 42.2 cm³/mol. The molecule has 0 heterocycles. The van der Waals surface area contributed by atoms with Crippen molar-refractivity contribution in [3.63, 3.8) is 0 Å². The van der Waals surface area contributed by atoms with Crippen molar-refractivity contribution in [1.29, 1.82) is 0 Å². The molecule has 0 saturated carbocycles. The lowest BCUT2D eigenvalue weighted by Crippen LogP contribution is -1.91. The van der Waals surface area contributed by atoms with E-state index in [4.69, 9.17) is 12.8 Å². The maximum atomic E-state index is 12.7. The second kappa shape index (κ2) is 3.07. The first-order valence-electron chi connectivity index (χ1n) is 3.11. The molecule has 0 atom stereocenters. The van der Waals surface area contributed by atoms with Gasteiger partial charge in [0.1, 0.15) is 0 Å². The van der Waals surface area contributed by atoms with Crippen LogP contribution in [0.1, 0.15) is 11.1 Å². The smallest absolute Gasteiger partial charge is 0.174 e. The fourth-order valence-corrected chi connectivity index (χ4v) is 0.777. The molecule has 1 aromatic carbocycles. The SMILES string of the molecule is C#Cc1cc(F)c(F)c(C#C)c1. The third-order valence-corrected chi connectivity index (χ3v) is 1.35. The van der Waals surface area contributed by atoms with E-state index < -0.39 is 11.6 Å². The Balaban J connectivity index is 3.44. The number of rotatable bonds is 0. The molecule has 0 aliphatic heterocycles. The summed E-state index contributed by atoms with van der Waals surface area (Å²) in [5, 5.41) is 0. The molecule has 2 heteroatoms. The summed E-state index contributed by atoms with van der Waals surface area (Å²) in [7, 11) is 0. The van der Waals surface area contributed by atoms with Gasteiger partial charge in [0.2, 0.25) is 0 Å². The van der Waals surface area contributed by atoms with Gasteiger partial charge in [-0.1, -0.05) is 11.8 Å². The second-order valence-corrected chi connectivity index (χ2v) is 2.11. The molecule has 0 bridgehead atoms. The molecular weight excluding hydrogens is 158 g/mol. The summed E-state index contributed by atoms with van der Waals surface area (Å²) in [6.45, 7) is 0. The van der Waals surface area contributed by atoms with Gasteiger partial charge in [0.05, 0.1) is 5.56 Å². The van der Waals surface area contributed by atoms with Gasteiger partial charge in [-0.25, -0.2) is 8.78 Å². The lowest BCUT2D eigenvalue weighted by atomic mass is 10.1. The zero-order valence-electron chi connectivity index (χ0n) is 6.07. The molecule has 58 valence electrons. The van der Waals surface area contributed by atoms with Crippen molar-refractivity contribution in [3.8, 4) is 24.7 Å². The van der Waals surface area contributed by atoms with Gasteiger partial charge in [-0.15, -0.1) is 12.8 Å². The van der Waals surface area contributed by atoms with E-state index in [1.54, 1.807) is 0 Å². The summed E-state index contributed by atoms with van der Waals surface area (Å²) in [4.78, 5) is 0. The first-order valence-corrected chi connectivity index (χ1v) is 3.11. The van der Waals surface area contributed by atoms with Crippen molar-refractivity contribution in [2.75, 3.05) is 0 Å². The summed E-state index contributed by atoms with van der Waals surface area (Å²) < 4.78 is 25.4. The van der Waals surface area contributed by atoms with Gasteiger partial charge in [0.15, 0.2) is 11.6 Å². The standard InChI is InChI=1S/C10H4F2/c1-3-7-5-8(4-2)10(12)9(11)6-7/h1-2,5-6H. The maximum absolute atomic E-state index is 12.7. The molecule has 0 spiro atoms. The minimum atomic E-state index is -1.03. The van der Waals surface area contributed by atoms with Gasteiger partial charge in [-0.3, -0.25) is 0 Å². The molecular formula is C10H4F2. The lowest BCUT2D eigenvalue weighted by Gasteiger charge is -1.97. The number of hydrogen-bond acceptors (Lipinski definition) is 0. The van der Waals surface area contributed by atoms with Gasteiger partial charge in [-0.05, 0) is 12.1 Å². The highest BCUT2D eigenvalue weighted by atomic mass is 19.2. The Bertz CT molecular complexity index is 392. The molecule has 0 amide bonds. The Morgan fingerprint density at radius 2 is 1.75 bits per heavy atom. The van der Waals surface area contributed by atoms with Crippen molar-refractivity contribution >= 4 is 0 Å². The van der Waals surface area contributed by atoms with Crippen LogP contribution in [0.5, 0.6) is 0 Å². The molecule has 0 aromatic heterocycles. The topological polar surface area (TPSA) is 0 Å². The highest BCUT2D eigenvalue weighted by Crippen LogP contribution is 2.13. The van der Waals surface area contributed by atoms with Crippen LogP contribution in [0.3, 0.4) is 0 Å². The maximum Gasteiger partial charge on any atom is 0.174 e. The van der Waals surface area contributed by atoms with Gasteiger partial charge in [-0.2, -0.15) is 0 Å². The molecule has 0 saturated heterocycles. The van der Waals surface area contributed by atoms with Crippen LogP contribution in [0.2, 0.25) is 0 Å². The molecule has 0 nitrogen and oxygen atoms in total. The summed E-state index contributed by atoms with van der Waals surface area (Å²) in [5.41, 5.74) is 0.0878. The molecule has 0 aliphatic carbocycles. The fourth-order valence-electron chi connectivity index (χ4n) is 0.777. The first-order chi connectivity index (χ1) is 5.69. The minimum absolute atomic E-state index is 0.150. The molecule has 1 rings (SSSR count). The highest BCUT2D eigenvalue weighted by molar-refractivity contribution is 5.43. The minimum Gasteiger partial charge on any atom is -0.204 e. The fraction of sp³-hybridized carbons (Fsp3) is 0. The number of halogens is 2. The van der Waals surface area contributed by atoms with Crippen LogP contribution < -0.4 is 0 Å². The van der Waals surface area contributed by atoms with E-state index in [9.17, 15) is 8.78 Å². The first kappa shape index (κ1) is 8.30. The van der Waals surface area contributed by atoms with E-state index in [0.29, 0.717) is 0 Å². The zero-order valence-corrected chi connectivity index (χ0v) is 6.07. The normalized spacial score (nSPS) is 8.67. The summed E-state index contributed by atoms with van der Waals surface area (Å²) in [5.74, 6) is 2.12. The molecule has 1 aromatic rings. The molecule has 0 aliphatic rings. The lowest BCUT2D eigenvalue weighted by molar-refractivity contribution is 0.506. The third kappa shape index (κ3) is 1.28. The van der Waals surface area contributed by atoms with Crippen LogP contribution in [0.25, 0.3) is 0 Å². The van der Waals surface area contributed by atoms with Crippen LogP contribution in [0.15, 0.2) is 12.1 Å². The Kier molecular flexibility index (Phi) is 2.12. The number of hydrogen-bond donors (Lipinski definition) is 0. The summed E-state index contributed by atoms with van der Waals surface area (Å²) in [6, 6.07) is 2.18. The van der Waals surface area contributed by atoms with Crippen LogP contribution >= 0.6 is 0 Å². The summed E-state index contributed by atoms with van der Waals surface area (Å²) in [6.07, 6.45) is 9.90. The Morgan fingerprint density at radius 1 is 1.08 bits per heavy atom. The molecule has 0 radical (unpaired) electrons. The largest absolute Gasteiger partial charge is 0.204 e. The Hall–Kier alpha value is -1.80. The summed E-state index contributed by atoms with van der Waals surface area (Å²) >= 11 is 0. The second-order valence-electron chi connectivity index (χ2n) is 2.11. The van der Waals surface area contributed by atoms with Crippen molar-refractivity contribution in [2.45, 2.75) is 0 Å². The highest BCUT2D eigenvalue weighted by Gasteiger charge is 2.07. The van der Waals surface area contributed by atoms with E-state index >= 15 is 0 Å². The van der Waals surface area contributed by atoms with E-state index in [0.717, 1.165) is 6.07 Å². The van der Waals surface area contributed by atoms with Gasteiger partial charge in [0, 0.05) is 5.56 Å². The van der Waals surface area contributed by atoms with Crippen LogP contribution in [0, 0.1) is 36.3 Å². The van der Waals surface area contributed by atoms with Crippen LogP contribution in [-0.4, -0.2) is 0 Å². The Labute approximate surface area is 69.2 Å². The van der Waals surface area contributed by atoms with Crippen molar-refractivity contribution in [1.82, 2.24) is 0 Å². The van der Waals surface area contributed by atoms with E-state index in [1.807, 2.05) is 5.92 Å². The van der Waals surface area contributed by atoms with Crippen molar-refractivity contribution < 1.29 is 8.78 Å². The monoisotopic (exact) mass is 162 g/mol. The Morgan fingerprint density at radius 3 is 2.25 bits per heavy atom.